The SMILES string of the molecule is CC1Cc2ccccc2N(CCNCc2ccccn2)C1. The number of pyridine rings is 1. The summed E-state index contributed by atoms with van der Waals surface area (Å²) in [4.78, 5) is 6.84. The zero-order valence-corrected chi connectivity index (χ0v) is 12.6. The van der Waals surface area contributed by atoms with Gasteiger partial charge in [-0.05, 0) is 36.1 Å². The van der Waals surface area contributed by atoms with Gasteiger partial charge in [0.15, 0.2) is 0 Å². The van der Waals surface area contributed by atoms with Gasteiger partial charge >= 0.3 is 0 Å². The Morgan fingerprint density at radius 3 is 2.90 bits per heavy atom. The summed E-state index contributed by atoms with van der Waals surface area (Å²) in [7, 11) is 0. The smallest absolute Gasteiger partial charge is 0.0541 e. The highest BCUT2D eigenvalue weighted by Crippen LogP contribution is 2.28. The molecule has 110 valence electrons. The van der Waals surface area contributed by atoms with Crippen LogP contribution in [-0.2, 0) is 13.0 Å². The lowest BCUT2D eigenvalue weighted by molar-refractivity contribution is 0.522. The number of fused-ring (bicyclic) bond motifs is 1. The average molecular weight is 281 g/mol. The lowest BCUT2D eigenvalue weighted by Gasteiger charge is -2.35. The second-order valence-electron chi connectivity index (χ2n) is 5.88. The molecule has 0 spiro atoms. The molecule has 1 atom stereocenters. The molecule has 2 aromatic rings. The Morgan fingerprint density at radius 2 is 2.05 bits per heavy atom. The predicted octanol–water partition coefficient (Wildman–Crippen LogP) is 2.87. The fraction of sp³-hybridized carbons (Fsp3) is 0.389. The van der Waals surface area contributed by atoms with Gasteiger partial charge in [-0.3, -0.25) is 4.98 Å². The van der Waals surface area contributed by atoms with Crippen LogP contribution in [0.2, 0.25) is 0 Å². The first kappa shape index (κ1) is 14.1. The quantitative estimate of drug-likeness (QED) is 0.854. The minimum Gasteiger partial charge on any atom is -0.370 e. The van der Waals surface area contributed by atoms with E-state index < -0.39 is 0 Å². The van der Waals surface area contributed by atoms with Crippen LogP contribution in [0.25, 0.3) is 0 Å². The molecule has 0 saturated carbocycles. The average Bonchev–Trinajstić information content (AvgIpc) is 2.52. The van der Waals surface area contributed by atoms with Crippen LogP contribution in [0.1, 0.15) is 18.2 Å². The zero-order valence-electron chi connectivity index (χ0n) is 12.6. The molecule has 1 aliphatic heterocycles. The Hall–Kier alpha value is -1.87. The third kappa shape index (κ3) is 3.61. The zero-order chi connectivity index (χ0) is 14.5. The third-order valence-electron chi connectivity index (χ3n) is 4.02. The number of rotatable bonds is 5. The van der Waals surface area contributed by atoms with Gasteiger partial charge < -0.3 is 10.2 Å². The molecule has 0 bridgehead atoms. The Bertz CT molecular complexity index is 568. The van der Waals surface area contributed by atoms with Gasteiger partial charge in [0.05, 0.1) is 5.69 Å². The van der Waals surface area contributed by atoms with Crippen molar-refractivity contribution in [2.45, 2.75) is 19.9 Å². The number of nitrogens with zero attached hydrogens (tertiary/aromatic N) is 2. The minimum absolute atomic E-state index is 0.732. The highest BCUT2D eigenvalue weighted by molar-refractivity contribution is 5.55. The number of aromatic nitrogens is 1. The molecule has 21 heavy (non-hydrogen) atoms. The van der Waals surface area contributed by atoms with Gasteiger partial charge in [-0.2, -0.15) is 0 Å². The van der Waals surface area contributed by atoms with Crippen LogP contribution in [0.3, 0.4) is 0 Å². The van der Waals surface area contributed by atoms with E-state index in [-0.39, 0.29) is 0 Å². The molecule has 0 saturated heterocycles. The summed E-state index contributed by atoms with van der Waals surface area (Å²) in [6.07, 6.45) is 3.05. The maximum absolute atomic E-state index is 4.33. The van der Waals surface area contributed by atoms with Gasteiger partial charge in [0, 0.05) is 38.1 Å². The summed E-state index contributed by atoms with van der Waals surface area (Å²) >= 11 is 0. The van der Waals surface area contributed by atoms with Crippen molar-refractivity contribution in [3.05, 3.63) is 59.9 Å². The second kappa shape index (κ2) is 6.72. The van der Waals surface area contributed by atoms with E-state index >= 15 is 0 Å². The normalized spacial score (nSPS) is 17.6. The van der Waals surface area contributed by atoms with Crippen LogP contribution in [0, 0.1) is 5.92 Å². The van der Waals surface area contributed by atoms with E-state index in [0.29, 0.717) is 0 Å². The van der Waals surface area contributed by atoms with E-state index in [1.807, 2.05) is 18.3 Å². The number of anilines is 1. The van der Waals surface area contributed by atoms with Crippen molar-refractivity contribution < 1.29 is 0 Å². The first-order chi connectivity index (χ1) is 10.3. The number of benzene rings is 1. The van der Waals surface area contributed by atoms with Gasteiger partial charge in [-0.1, -0.05) is 31.2 Å². The van der Waals surface area contributed by atoms with Crippen molar-refractivity contribution >= 4 is 5.69 Å². The molecule has 3 nitrogen and oxygen atoms in total. The van der Waals surface area contributed by atoms with Crippen LogP contribution in [0.15, 0.2) is 48.7 Å². The Kier molecular flexibility index (Phi) is 4.51. The first-order valence-electron chi connectivity index (χ1n) is 7.76. The second-order valence-corrected chi connectivity index (χ2v) is 5.88. The van der Waals surface area contributed by atoms with Crippen molar-refractivity contribution in [3.63, 3.8) is 0 Å². The summed E-state index contributed by atoms with van der Waals surface area (Å²) in [5.41, 5.74) is 4.00. The van der Waals surface area contributed by atoms with E-state index in [2.05, 4.69) is 52.5 Å². The number of hydrogen-bond donors (Lipinski definition) is 1. The maximum Gasteiger partial charge on any atom is 0.0541 e. The maximum atomic E-state index is 4.33. The van der Waals surface area contributed by atoms with Crippen LogP contribution in [0.5, 0.6) is 0 Å². The van der Waals surface area contributed by atoms with Crippen molar-refractivity contribution in [2.24, 2.45) is 5.92 Å². The number of para-hydroxylation sites is 1. The Balaban J connectivity index is 1.54. The van der Waals surface area contributed by atoms with E-state index in [1.165, 1.54) is 17.7 Å². The standard InChI is InChI=1S/C18H23N3/c1-15-12-16-6-2-3-8-18(16)21(14-15)11-10-19-13-17-7-4-5-9-20-17/h2-9,15,19H,10-14H2,1H3. The molecule has 1 aromatic carbocycles. The van der Waals surface area contributed by atoms with E-state index in [4.69, 9.17) is 0 Å². The minimum atomic E-state index is 0.732. The molecule has 1 N–H and O–H groups in total. The van der Waals surface area contributed by atoms with Crippen LogP contribution in [-0.4, -0.2) is 24.6 Å². The van der Waals surface area contributed by atoms with Gasteiger partial charge in [-0.25, -0.2) is 0 Å². The van der Waals surface area contributed by atoms with Gasteiger partial charge in [0.2, 0.25) is 0 Å². The molecule has 0 fully saturated rings. The molecule has 3 rings (SSSR count). The van der Waals surface area contributed by atoms with Crippen molar-refractivity contribution in [2.75, 3.05) is 24.5 Å². The number of nitrogens with one attached hydrogen (secondary N) is 1. The van der Waals surface area contributed by atoms with Crippen molar-refractivity contribution in [3.8, 4) is 0 Å². The molecule has 1 aliphatic rings. The monoisotopic (exact) mass is 281 g/mol. The van der Waals surface area contributed by atoms with E-state index in [9.17, 15) is 0 Å². The highest BCUT2D eigenvalue weighted by Gasteiger charge is 2.20. The van der Waals surface area contributed by atoms with Crippen molar-refractivity contribution in [1.29, 1.82) is 0 Å². The lowest BCUT2D eigenvalue weighted by atomic mass is 9.94. The molecular weight excluding hydrogens is 258 g/mol. The number of hydrogen-bond acceptors (Lipinski definition) is 3. The van der Waals surface area contributed by atoms with E-state index in [1.54, 1.807) is 0 Å². The molecule has 2 heterocycles. The summed E-state index contributed by atoms with van der Waals surface area (Å²) in [5.74, 6) is 0.732. The summed E-state index contributed by atoms with van der Waals surface area (Å²) in [6, 6.07) is 14.9. The molecule has 1 unspecified atom stereocenters. The van der Waals surface area contributed by atoms with Crippen LogP contribution < -0.4 is 10.2 Å². The Morgan fingerprint density at radius 1 is 1.19 bits per heavy atom. The third-order valence-corrected chi connectivity index (χ3v) is 4.02. The molecule has 1 aromatic heterocycles. The largest absolute Gasteiger partial charge is 0.370 e. The fourth-order valence-electron chi connectivity index (χ4n) is 3.05. The Labute approximate surface area is 127 Å². The van der Waals surface area contributed by atoms with Crippen LogP contribution in [0.4, 0.5) is 5.69 Å². The lowest BCUT2D eigenvalue weighted by Crippen LogP contribution is -2.38. The topological polar surface area (TPSA) is 28.2 Å². The molecular formula is C18H23N3. The summed E-state index contributed by atoms with van der Waals surface area (Å²) in [6.45, 7) is 6.37. The summed E-state index contributed by atoms with van der Waals surface area (Å²) in [5, 5.41) is 3.49. The molecule has 0 amide bonds. The summed E-state index contributed by atoms with van der Waals surface area (Å²) < 4.78 is 0. The fourth-order valence-corrected chi connectivity index (χ4v) is 3.05. The molecule has 0 radical (unpaired) electrons. The van der Waals surface area contributed by atoms with Crippen LogP contribution >= 0.6 is 0 Å². The molecule has 3 heteroatoms. The van der Waals surface area contributed by atoms with Gasteiger partial charge in [0.25, 0.3) is 0 Å². The van der Waals surface area contributed by atoms with Gasteiger partial charge in [0.1, 0.15) is 0 Å². The van der Waals surface area contributed by atoms with E-state index in [0.717, 1.165) is 37.8 Å². The highest BCUT2D eigenvalue weighted by atomic mass is 15.2. The van der Waals surface area contributed by atoms with Crippen molar-refractivity contribution in [1.82, 2.24) is 10.3 Å². The molecule has 0 aliphatic carbocycles. The predicted molar refractivity (Wildman–Crippen MR) is 87.5 cm³/mol. The van der Waals surface area contributed by atoms with Gasteiger partial charge in [-0.15, -0.1) is 0 Å². The first-order valence-corrected chi connectivity index (χ1v) is 7.76.